The van der Waals surface area contributed by atoms with E-state index < -0.39 is 6.04 Å². The molecule has 3 amide bonds. The Labute approximate surface area is 169 Å². The topological polar surface area (TPSA) is 105 Å². The van der Waals surface area contributed by atoms with Gasteiger partial charge >= 0.3 is 0 Å². The fourth-order valence-corrected chi connectivity index (χ4v) is 5.40. The highest BCUT2D eigenvalue weighted by Gasteiger charge is 2.47. The maximum atomic E-state index is 13.0. The maximum Gasteiger partial charge on any atom is 0.255 e. The Morgan fingerprint density at radius 3 is 2.90 bits per heavy atom. The lowest BCUT2D eigenvalue weighted by molar-refractivity contribution is -0.136. The number of likely N-dealkylation sites (tertiary alicyclic amines) is 1. The van der Waals surface area contributed by atoms with E-state index in [0.717, 1.165) is 43.7 Å². The quantitative estimate of drug-likeness (QED) is 0.702. The molecule has 0 saturated carbocycles. The zero-order valence-corrected chi connectivity index (χ0v) is 16.4. The lowest BCUT2D eigenvalue weighted by Gasteiger charge is -2.34. The van der Waals surface area contributed by atoms with Crippen LogP contribution in [0.25, 0.3) is 0 Å². The molecular weight excluding hydrogens is 372 g/mol. The largest absolute Gasteiger partial charge is 0.379 e. The fraction of sp³-hybridized carbons (Fsp3) is 0.571. The molecule has 3 saturated heterocycles. The molecule has 0 aliphatic carbocycles. The number of amides is 3. The SMILES string of the molecule is NC1CN(Cc2cccc3c2CN(C2CCC(=O)NC2=O)C3=O)C2(CCOC2)C1. The molecule has 8 nitrogen and oxygen atoms in total. The summed E-state index contributed by atoms with van der Waals surface area (Å²) in [7, 11) is 0. The van der Waals surface area contributed by atoms with E-state index in [1.807, 2.05) is 12.1 Å². The number of rotatable bonds is 3. The standard InChI is InChI=1S/C21H26N4O4/c22-14-8-21(6-7-29-12-21)24(10-14)9-13-2-1-3-15-16(13)11-25(20(15)28)17-4-5-18(26)23-19(17)27/h1-3,14,17H,4-12,22H2,(H,23,26,27). The van der Waals surface area contributed by atoms with Gasteiger partial charge in [0.1, 0.15) is 6.04 Å². The first-order chi connectivity index (χ1) is 14.0. The van der Waals surface area contributed by atoms with Crippen LogP contribution in [0.5, 0.6) is 0 Å². The third-order valence-corrected chi connectivity index (χ3v) is 6.89. The predicted octanol–water partition coefficient (Wildman–Crippen LogP) is 0.140. The monoisotopic (exact) mass is 398 g/mol. The van der Waals surface area contributed by atoms with Crippen LogP contribution in [0.4, 0.5) is 0 Å². The van der Waals surface area contributed by atoms with Gasteiger partial charge in [-0.15, -0.1) is 0 Å². The Bertz CT molecular complexity index is 879. The van der Waals surface area contributed by atoms with Crippen LogP contribution in [0.3, 0.4) is 0 Å². The van der Waals surface area contributed by atoms with Crippen molar-refractivity contribution in [1.29, 1.82) is 0 Å². The van der Waals surface area contributed by atoms with Crippen LogP contribution in [-0.2, 0) is 27.4 Å². The summed E-state index contributed by atoms with van der Waals surface area (Å²) < 4.78 is 5.69. The van der Waals surface area contributed by atoms with Crippen molar-refractivity contribution in [1.82, 2.24) is 15.1 Å². The first-order valence-corrected chi connectivity index (χ1v) is 10.3. The molecule has 0 aromatic heterocycles. The van der Waals surface area contributed by atoms with Crippen LogP contribution in [0.15, 0.2) is 18.2 Å². The van der Waals surface area contributed by atoms with Crippen LogP contribution in [-0.4, -0.2) is 64.9 Å². The minimum atomic E-state index is -0.588. The van der Waals surface area contributed by atoms with Crippen LogP contribution < -0.4 is 11.1 Å². The molecule has 0 radical (unpaired) electrons. The molecule has 3 fully saturated rings. The zero-order valence-electron chi connectivity index (χ0n) is 16.4. The number of nitrogens with one attached hydrogen (secondary N) is 1. The van der Waals surface area contributed by atoms with Crippen molar-refractivity contribution in [3.05, 3.63) is 34.9 Å². The second-order valence-electron chi connectivity index (χ2n) is 8.71. The highest BCUT2D eigenvalue weighted by atomic mass is 16.5. The Kier molecular flexibility index (Phi) is 4.45. The van der Waals surface area contributed by atoms with Gasteiger partial charge < -0.3 is 15.4 Å². The van der Waals surface area contributed by atoms with Gasteiger partial charge in [0.2, 0.25) is 11.8 Å². The van der Waals surface area contributed by atoms with Crippen molar-refractivity contribution in [2.75, 3.05) is 19.8 Å². The van der Waals surface area contributed by atoms with Crippen molar-refractivity contribution in [3.63, 3.8) is 0 Å². The number of piperidine rings is 1. The minimum Gasteiger partial charge on any atom is -0.379 e. The van der Waals surface area contributed by atoms with Crippen molar-refractivity contribution in [2.45, 2.75) is 56.4 Å². The highest BCUT2D eigenvalue weighted by molar-refractivity contribution is 6.05. The lowest BCUT2D eigenvalue weighted by Crippen LogP contribution is -2.52. The molecule has 4 heterocycles. The molecular formula is C21H26N4O4. The van der Waals surface area contributed by atoms with E-state index in [4.69, 9.17) is 10.5 Å². The summed E-state index contributed by atoms with van der Waals surface area (Å²) in [6.07, 6.45) is 2.55. The van der Waals surface area contributed by atoms with Gasteiger partial charge in [0, 0.05) is 49.8 Å². The number of hydrogen-bond acceptors (Lipinski definition) is 6. The second kappa shape index (κ2) is 6.90. The molecule has 3 N–H and O–H groups in total. The van der Waals surface area contributed by atoms with E-state index in [9.17, 15) is 14.4 Å². The normalized spacial score (nSPS) is 32.3. The number of nitrogens with two attached hydrogens (primary N) is 1. The van der Waals surface area contributed by atoms with Crippen molar-refractivity contribution in [2.24, 2.45) is 5.73 Å². The average Bonchev–Trinajstić information content (AvgIpc) is 3.36. The highest BCUT2D eigenvalue weighted by Crippen LogP contribution is 2.38. The molecule has 0 bridgehead atoms. The van der Waals surface area contributed by atoms with Gasteiger partial charge in [0.05, 0.1) is 6.61 Å². The number of carbonyl (C=O) groups excluding carboxylic acids is 3. The summed E-state index contributed by atoms with van der Waals surface area (Å²) in [5, 5.41) is 2.36. The lowest BCUT2D eigenvalue weighted by atomic mass is 9.93. The van der Waals surface area contributed by atoms with Gasteiger partial charge in [0.25, 0.3) is 5.91 Å². The Morgan fingerprint density at radius 1 is 1.28 bits per heavy atom. The van der Waals surface area contributed by atoms with Gasteiger partial charge in [-0.2, -0.15) is 0 Å². The number of benzene rings is 1. The molecule has 29 heavy (non-hydrogen) atoms. The molecule has 4 aliphatic heterocycles. The van der Waals surface area contributed by atoms with Gasteiger partial charge in [-0.25, -0.2) is 0 Å². The van der Waals surface area contributed by atoms with E-state index >= 15 is 0 Å². The molecule has 3 unspecified atom stereocenters. The van der Waals surface area contributed by atoms with E-state index in [1.165, 1.54) is 0 Å². The molecule has 3 atom stereocenters. The van der Waals surface area contributed by atoms with E-state index in [0.29, 0.717) is 25.1 Å². The number of nitrogens with zero attached hydrogens (tertiary/aromatic N) is 2. The van der Waals surface area contributed by atoms with Crippen LogP contribution in [0.2, 0.25) is 0 Å². The zero-order chi connectivity index (χ0) is 20.2. The Morgan fingerprint density at radius 2 is 2.14 bits per heavy atom. The number of ether oxygens (including phenoxy) is 1. The second-order valence-corrected chi connectivity index (χ2v) is 8.71. The molecule has 5 rings (SSSR count). The van der Waals surface area contributed by atoms with Crippen LogP contribution in [0, 0.1) is 0 Å². The van der Waals surface area contributed by atoms with Gasteiger partial charge in [0.15, 0.2) is 0 Å². The van der Waals surface area contributed by atoms with E-state index in [-0.39, 0.29) is 35.7 Å². The molecule has 1 aromatic carbocycles. The first kappa shape index (κ1) is 18.7. The summed E-state index contributed by atoms with van der Waals surface area (Å²) in [6.45, 7) is 3.41. The summed E-state index contributed by atoms with van der Waals surface area (Å²) in [6, 6.07) is 5.35. The number of imide groups is 1. The summed E-state index contributed by atoms with van der Waals surface area (Å²) in [4.78, 5) is 40.8. The number of hydrogen-bond donors (Lipinski definition) is 2. The molecule has 1 aromatic rings. The molecule has 4 aliphatic rings. The Balaban J connectivity index is 1.40. The number of carbonyl (C=O) groups is 3. The van der Waals surface area contributed by atoms with Gasteiger partial charge in [-0.05, 0) is 36.5 Å². The maximum absolute atomic E-state index is 13.0. The average molecular weight is 398 g/mol. The van der Waals surface area contributed by atoms with E-state index in [2.05, 4.69) is 16.3 Å². The first-order valence-electron chi connectivity index (χ1n) is 10.3. The summed E-state index contributed by atoms with van der Waals surface area (Å²) >= 11 is 0. The number of fused-ring (bicyclic) bond motifs is 1. The van der Waals surface area contributed by atoms with Crippen molar-refractivity contribution in [3.8, 4) is 0 Å². The summed E-state index contributed by atoms with van der Waals surface area (Å²) in [5.74, 6) is -0.782. The molecule has 1 spiro atoms. The summed E-state index contributed by atoms with van der Waals surface area (Å²) in [5.41, 5.74) is 9.02. The van der Waals surface area contributed by atoms with Crippen LogP contribution >= 0.6 is 0 Å². The predicted molar refractivity (Wildman–Crippen MR) is 104 cm³/mol. The third kappa shape index (κ3) is 3.06. The fourth-order valence-electron chi connectivity index (χ4n) is 5.40. The van der Waals surface area contributed by atoms with E-state index in [1.54, 1.807) is 4.90 Å². The smallest absolute Gasteiger partial charge is 0.255 e. The van der Waals surface area contributed by atoms with Crippen molar-refractivity contribution < 1.29 is 19.1 Å². The van der Waals surface area contributed by atoms with Crippen LogP contribution in [0.1, 0.15) is 47.2 Å². The van der Waals surface area contributed by atoms with Gasteiger partial charge in [-0.3, -0.25) is 24.6 Å². The Hall–Kier alpha value is -2.29. The minimum absolute atomic E-state index is 0.00589. The molecule has 154 valence electrons. The third-order valence-electron chi connectivity index (χ3n) is 6.89. The molecule has 8 heteroatoms. The van der Waals surface area contributed by atoms with Crippen molar-refractivity contribution >= 4 is 17.7 Å². The van der Waals surface area contributed by atoms with Gasteiger partial charge in [-0.1, -0.05) is 12.1 Å².